The predicted molar refractivity (Wildman–Crippen MR) is 80.7 cm³/mol. The van der Waals surface area contributed by atoms with Crippen LogP contribution in [0.1, 0.15) is 48.6 Å². The smallest absolute Gasteiger partial charge is 0.105 e. The predicted octanol–water partition coefficient (Wildman–Crippen LogP) is 3.30. The monoisotopic (exact) mass is 275 g/mol. The molecule has 4 heteroatoms. The number of hydrogen-bond donors (Lipinski definition) is 1. The fraction of sp³-hybridized carbons (Fsp3) is 0.562. The van der Waals surface area contributed by atoms with Crippen molar-refractivity contribution in [1.29, 1.82) is 0 Å². The van der Waals surface area contributed by atoms with Crippen molar-refractivity contribution >= 4 is 0 Å². The van der Waals surface area contributed by atoms with Gasteiger partial charge in [-0.05, 0) is 51.8 Å². The molecule has 0 bridgehead atoms. The molecule has 2 rings (SSSR count). The standard InChI is InChI=1S/C16H25N3O/c1-5-9-17-16(15-11-12(2)20-13(15)3)7-6-14-8-10-18-19(14)4/h8,10-11,16-17H,5-7,9H2,1-4H3. The minimum atomic E-state index is 0.349. The van der Waals surface area contributed by atoms with Gasteiger partial charge in [0.25, 0.3) is 0 Å². The lowest BCUT2D eigenvalue weighted by Crippen LogP contribution is -2.23. The zero-order valence-electron chi connectivity index (χ0n) is 12.9. The molecule has 1 N–H and O–H groups in total. The molecule has 2 aromatic heterocycles. The molecule has 0 aliphatic carbocycles. The summed E-state index contributed by atoms with van der Waals surface area (Å²) in [5.74, 6) is 2.02. The molecule has 0 aliphatic rings. The fourth-order valence-electron chi connectivity index (χ4n) is 2.62. The summed E-state index contributed by atoms with van der Waals surface area (Å²) in [6.07, 6.45) is 5.07. The Morgan fingerprint density at radius 3 is 2.75 bits per heavy atom. The molecule has 4 nitrogen and oxygen atoms in total. The number of furan rings is 1. The van der Waals surface area contributed by atoms with Crippen LogP contribution in [-0.2, 0) is 13.5 Å². The SMILES string of the molecule is CCCNC(CCc1ccnn1C)c1cc(C)oc1C. The lowest BCUT2D eigenvalue weighted by atomic mass is 10.0. The molecular formula is C16H25N3O. The first-order valence-corrected chi connectivity index (χ1v) is 7.39. The van der Waals surface area contributed by atoms with Gasteiger partial charge in [-0.1, -0.05) is 6.92 Å². The molecule has 2 aromatic rings. The Balaban J connectivity index is 2.07. The summed E-state index contributed by atoms with van der Waals surface area (Å²) in [7, 11) is 2.00. The van der Waals surface area contributed by atoms with E-state index >= 15 is 0 Å². The second-order valence-electron chi connectivity index (χ2n) is 5.36. The molecule has 0 saturated heterocycles. The van der Waals surface area contributed by atoms with Gasteiger partial charge in [0, 0.05) is 30.5 Å². The summed E-state index contributed by atoms with van der Waals surface area (Å²) >= 11 is 0. The van der Waals surface area contributed by atoms with Gasteiger partial charge in [-0.15, -0.1) is 0 Å². The molecule has 20 heavy (non-hydrogen) atoms. The van der Waals surface area contributed by atoms with Crippen molar-refractivity contribution in [2.45, 2.75) is 46.1 Å². The molecule has 0 aromatic carbocycles. The van der Waals surface area contributed by atoms with Crippen LogP contribution in [0.15, 0.2) is 22.7 Å². The second-order valence-corrected chi connectivity index (χ2v) is 5.36. The number of aryl methyl sites for hydroxylation is 4. The van der Waals surface area contributed by atoms with Crippen LogP contribution in [0.25, 0.3) is 0 Å². The molecule has 2 heterocycles. The van der Waals surface area contributed by atoms with E-state index in [0.717, 1.165) is 37.3 Å². The Labute approximate surface area is 121 Å². The van der Waals surface area contributed by atoms with Crippen molar-refractivity contribution in [3.05, 3.63) is 41.1 Å². The molecular weight excluding hydrogens is 250 g/mol. The zero-order chi connectivity index (χ0) is 14.5. The van der Waals surface area contributed by atoms with Crippen LogP contribution in [0.2, 0.25) is 0 Å². The first kappa shape index (κ1) is 14.9. The number of aromatic nitrogens is 2. The van der Waals surface area contributed by atoms with Crippen molar-refractivity contribution in [3.63, 3.8) is 0 Å². The highest BCUT2D eigenvalue weighted by atomic mass is 16.3. The molecule has 0 saturated carbocycles. The average molecular weight is 275 g/mol. The molecule has 1 unspecified atom stereocenters. The number of nitrogens with one attached hydrogen (secondary N) is 1. The van der Waals surface area contributed by atoms with E-state index in [-0.39, 0.29) is 0 Å². The third-order valence-corrected chi connectivity index (χ3v) is 3.71. The highest BCUT2D eigenvalue weighted by Crippen LogP contribution is 2.25. The van der Waals surface area contributed by atoms with E-state index in [2.05, 4.69) is 29.5 Å². The largest absolute Gasteiger partial charge is 0.466 e. The van der Waals surface area contributed by atoms with Crippen LogP contribution in [0, 0.1) is 13.8 Å². The maximum absolute atomic E-state index is 5.68. The Hall–Kier alpha value is -1.55. The van der Waals surface area contributed by atoms with Gasteiger partial charge in [0.1, 0.15) is 11.5 Å². The summed E-state index contributed by atoms with van der Waals surface area (Å²) in [5, 5.41) is 7.86. The van der Waals surface area contributed by atoms with Gasteiger partial charge < -0.3 is 9.73 Å². The van der Waals surface area contributed by atoms with Crippen LogP contribution in [0.3, 0.4) is 0 Å². The fourth-order valence-corrected chi connectivity index (χ4v) is 2.62. The molecule has 1 atom stereocenters. The highest BCUT2D eigenvalue weighted by Gasteiger charge is 2.17. The van der Waals surface area contributed by atoms with E-state index in [0.29, 0.717) is 6.04 Å². The van der Waals surface area contributed by atoms with Crippen LogP contribution >= 0.6 is 0 Å². The van der Waals surface area contributed by atoms with Crippen molar-refractivity contribution in [2.24, 2.45) is 7.05 Å². The maximum atomic E-state index is 5.68. The number of nitrogens with zero attached hydrogens (tertiary/aromatic N) is 2. The number of rotatable bonds is 7. The Morgan fingerprint density at radius 2 is 2.20 bits per heavy atom. The van der Waals surface area contributed by atoms with Crippen LogP contribution in [0.4, 0.5) is 0 Å². The minimum absolute atomic E-state index is 0.349. The first-order chi connectivity index (χ1) is 9.61. The summed E-state index contributed by atoms with van der Waals surface area (Å²) < 4.78 is 7.63. The quantitative estimate of drug-likeness (QED) is 0.843. The van der Waals surface area contributed by atoms with E-state index in [1.807, 2.05) is 31.8 Å². The third-order valence-electron chi connectivity index (χ3n) is 3.71. The van der Waals surface area contributed by atoms with Gasteiger partial charge >= 0.3 is 0 Å². The molecule has 110 valence electrons. The van der Waals surface area contributed by atoms with Gasteiger partial charge in [-0.2, -0.15) is 5.10 Å². The third kappa shape index (κ3) is 3.51. The molecule has 0 aliphatic heterocycles. The van der Waals surface area contributed by atoms with Crippen LogP contribution in [0.5, 0.6) is 0 Å². The Morgan fingerprint density at radius 1 is 1.40 bits per heavy atom. The minimum Gasteiger partial charge on any atom is -0.466 e. The summed E-state index contributed by atoms with van der Waals surface area (Å²) in [4.78, 5) is 0. The number of hydrogen-bond acceptors (Lipinski definition) is 3. The summed E-state index contributed by atoms with van der Waals surface area (Å²) in [6, 6.07) is 4.60. The Bertz CT molecular complexity index is 542. The lowest BCUT2D eigenvalue weighted by molar-refractivity contribution is 0.464. The Kier molecular flexibility index (Phi) is 5.01. The van der Waals surface area contributed by atoms with Crippen molar-refractivity contribution in [3.8, 4) is 0 Å². The van der Waals surface area contributed by atoms with E-state index in [9.17, 15) is 0 Å². The van der Waals surface area contributed by atoms with Crippen molar-refractivity contribution in [1.82, 2.24) is 15.1 Å². The van der Waals surface area contributed by atoms with Crippen LogP contribution < -0.4 is 5.32 Å². The molecule has 0 amide bonds. The zero-order valence-corrected chi connectivity index (χ0v) is 12.9. The normalized spacial score (nSPS) is 12.8. The molecule has 0 fully saturated rings. The summed E-state index contributed by atoms with van der Waals surface area (Å²) in [6.45, 7) is 7.28. The van der Waals surface area contributed by atoms with Gasteiger partial charge in [0.2, 0.25) is 0 Å². The molecule has 0 spiro atoms. The van der Waals surface area contributed by atoms with Crippen molar-refractivity contribution in [2.75, 3.05) is 6.54 Å². The van der Waals surface area contributed by atoms with Gasteiger partial charge in [-0.25, -0.2) is 0 Å². The van der Waals surface area contributed by atoms with Gasteiger partial charge in [-0.3, -0.25) is 4.68 Å². The second kappa shape index (κ2) is 6.75. The van der Waals surface area contributed by atoms with E-state index < -0.39 is 0 Å². The topological polar surface area (TPSA) is 43.0 Å². The summed E-state index contributed by atoms with van der Waals surface area (Å²) in [5.41, 5.74) is 2.56. The maximum Gasteiger partial charge on any atom is 0.105 e. The average Bonchev–Trinajstić information content (AvgIpc) is 2.96. The molecule has 0 radical (unpaired) electrons. The van der Waals surface area contributed by atoms with E-state index in [4.69, 9.17) is 4.42 Å². The van der Waals surface area contributed by atoms with Gasteiger partial charge in [0.05, 0.1) is 0 Å². The van der Waals surface area contributed by atoms with E-state index in [1.165, 1.54) is 11.3 Å². The first-order valence-electron chi connectivity index (χ1n) is 7.39. The highest BCUT2D eigenvalue weighted by molar-refractivity contribution is 5.24. The van der Waals surface area contributed by atoms with Crippen LogP contribution in [-0.4, -0.2) is 16.3 Å². The van der Waals surface area contributed by atoms with E-state index in [1.54, 1.807) is 0 Å². The van der Waals surface area contributed by atoms with Gasteiger partial charge in [0.15, 0.2) is 0 Å². The lowest BCUT2D eigenvalue weighted by Gasteiger charge is -2.18. The van der Waals surface area contributed by atoms with Crippen molar-refractivity contribution < 1.29 is 4.42 Å².